The number of carbonyl (C=O) groups excluding carboxylic acids is 1. The molecule has 1 aromatic carbocycles. The summed E-state index contributed by atoms with van der Waals surface area (Å²) in [5.74, 6) is -0.648. The van der Waals surface area contributed by atoms with Gasteiger partial charge in [-0.15, -0.1) is 0 Å². The second-order valence-electron chi connectivity index (χ2n) is 3.24. The first-order chi connectivity index (χ1) is 7.60. The Balaban J connectivity index is 2.97. The normalized spacial score (nSPS) is 12.0. The van der Waals surface area contributed by atoms with Crippen molar-refractivity contribution in [1.82, 2.24) is 0 Å². The van der Waals surface area contributed by atoms with Crippen molar-refractivity contribution in [3.63, 3.8) is 0 Å². The van der Waals surface area contributed by atoms with Gasteiger partial charge >= 0.3 is 5.97 Å². The van der Waals surface area contributed by atoms with Gasteiger partial charge in [0, 0.05) is 11.6 Å². The summed E-state index contributed by atoms with van der Waals surface area (Å²) < 4.78 is 23.0. The van der Waals surface area contributed by atoms with Crippen molar-refractivity contribution in [1.29, 1.82) is 0 Å². The van der Waals surface area contributed by atoms with E-state index in [0.29, 0.717) is 5.75 Å². The molecule has 0 aromatic heterocycles. The Labute approximate surface area is 93.2 Å². The van der Waals surface area contributed by atoms with E-state index in [2.05, 4.69) is 4.74 Å². The second-order valence-corrected chi connectivity index (χ2v) is 3.24. The van der Waals surface area contributed by atoms with Crippen LogP contribution in [0.2, 0.25) is 0 Å². The number of ether oxygens (including phenoxy) is 2. The van der Waals surface area contributed by atoms with E-state index in [0.717, 1.165) is 0 Å². The van der Waals surface area contributed by atoms with Gasteiger partial charge < -0.3 is 15.2 Å². The van der Waals surface area contributed by atoms with Crippen LogP contribution in [0.5, 0.6) is 5.75 Å². The summed E-state index contributed by atoms with van der Waals surface area (Å²) in [7, 11) is 2.68. The molecule has 0 aliphatic rings. The number of halogens is 1. The molecule has 0 aliphatic carbocycles. The van der Waals surface area contributed by atoms with Crippen LogP contribution in [0.3, 0.4) is 0 Å². The smallest absolute Gasteiger partial charge is 0.307 e. The van der Waals surface area contributed by atoms with Crippen LogP contribution in [0.4, 0.5) is 4.39 Å². The largest absolute Gasteiger partial charge is 0.496 e. The minimum absolute atomic E-state index is 0.0895. The molecule has 1 aromatic rings. The number of rotatable bonds is 4. The zero-order valence-corrected chi connectivity index (χ0v) is 9.20. The first-order valence-electron chi connectivity index (χ1n) is 4.75. The molecule has 0 heterocycles. The lowest BCUT2D eigenvalue weighted by Gasteiger charge is -2.15. The molecule has 1 rings (SSSR count). The van der Waals surface area contributed by atoms with Gasteiger partial charge in [0.15, 0.2) is 0 Å². The number of carbonyl (C=O) groups is 1. The van der Waals surface area contributed by atoms with E-state index in [1.165, 1.54) is 26.4 Å². The predicted molar refractivity (Wildman–Crippen MR) is 56.5 cm³/mol. The maximum Gasteiger partial charge on any atom is 0.307 e. The number of esters is 1. The molecule has 0 bridgehead atoms. The van der Waals surface area contributed by atoms with Gasteiger partial charge in [-0.05, 0) is 12.1 Å². The monoisotopic (exact) mass is 227 g/mol. The molecular formula is C11H14FNO3. The molecule has 16 heavy (non-hydrogen) atoms. The summed E-state index contributed by atoms with van der Waals surface area (Å²) in [6.07, 6.45) is -0.0895. The van der Waals surface area contributed by atoms with Gasteiger partial charge in [-0.3, -0.25) is 4.79 Å². The lowest BCUT2D eigenvalue weighted by molar-refractivity contribution is -0.141. The van der Waals surface area contributed by atoms with E-state index in [4.69, 9.17) is 10.5 Å². The molecule has 0 spiro atoms. The highest BCUT2D eigenvalue weighted by Crippen LogP contribution is 2.28. The summed E-state index contributed by atoms with van der Waals surface area (Å²) in [5, 5.41) is 0. The quantitative estimate of drug-likeness (QED) is 0.790. The highest BCUT2D eigenvalue weighted by atomic mass is 19.1. The van der Waals surface area contributed by atoms with Gasteiger partial charge in [-0.25, -0.2) is 4.39 Å². The van der Waals surface area contributed by atoms with Crippen molar-refractivity contribution in [2.75, 3.05) is 14.2 Å². The summed E-state index contributed by atoms with van der Waals surface area (Å²) >= 11 is 0. The highest BCUT2D eigenvalue weighted by Gasteiger charge is 2.19. The summed E-state index contributed by atoms with van der Waals surface area (Å²) in [5.41, 5.74) is 5.92. The van der Waals surface area contributed by atoms with Crippen molar-refractivity contribution in [2.24, 2.45) is 5.73 Å². The minimum Gasteiger partial charge on any atom is -0.496 e. The van der Waals surface area contributed by atoms with Crippen LogP contribution in [-0.4, -0.2) is 20.2 Å². The highest BCUT2D eigenvalue weighted by molar-refractivity contribution is 5.70. The Kier molecular flexibility index (Phi) is 4.25. The molecule has 2 N–H and O–H groups in total. The predicted octanol–water partition coefficient (Wildman–Crippen LogP) is 1.40. The van der Waals surface area contributed by atoms with Crippen LogP contribution in [0.25, 0.3) is 0 Å². The van der Waals surface area contributed by atoms with E-state index >= 15 is 0 Å². The minimum atomic E-state index is -0.774. The molecule has 0 unspecified atom stereocenters. The first kappa shape index (κ1) is 12.4. The van der Waals surface area contributed by atoms with E-state index in [-0.39, 0.29) is 12.0 Å². The van der Waals surface area contributed by atoms with Crippen molar-refractivity contribution in [3.05, 3.63) is 29.6 Å². The summed E-state index contributed by atoms with van der Waals surface area (Å²) in [6.45, 7) is 0. The molecule has 0 amide bonds. The molecule has 0 saturated carbocycles. The molecule has 4 nitrogen and oxygen atoms in total. The van der Waals surface area contributed by atoms with Crippen LogP contribution in [0.15, 0.2) is 18.2 Å². The molecule has 0 radical (unpaired) electrons. The van der Waals surface area contributed by atoms with E-state index in [9.17, 15) is 9.18 Å². The summed E-state index contributed by atoms with van der Waals surface area (Å²) in [4.78, 5) is 11.0. The van der Waals surface area contributed by atoms with Gasteiger partial charge in [-0.2, -0.15) is 0 Å². The van der Waals surface area contributed by atoms with Crippen molar-refractivity contribution >= 4 is 5.97 Å². The van der Waals surface area contributed by atoms with Gasteiger partial charge in [-0.1, -0.05) is 6.07 Å². The van der Waals surface area contributed by atoms with Crippen LogP contribution >= 0.6 is 0 Å². The number of methoxy groups -OCH3 is 2. The number of benzene rings is 1. The molecule has 88 valence electrons. The number of hydrogen-bond donors (Lipinski definition) is 1. The number of nitrogens with two attached hydrogens (primary N) is 1. The van der Waals surface area contributed by atoms with Gasteiger partial charge in [0.1, 0.15) is 11.6 Å². The molecular weight excluding hydrogens is 213 g/mol. The zero-order valence-electron chi connectivity index (χ0n) is 9.20. The molecule has 5 heteroatoms. The van der Waals surface area contributed by atoms with E-state index in [1.807, 2.05) is 0 Å². The van der Waals surface area contributed by atoms with Gasteiger partial charge in [0.2, 0.25) is 0 Å². The maximum absolute atomic E-state index is 13.5. The SMILES string of the molecule is COC(=O)C[C@H](N)c1c(F)cccc1OC. The van der Waals surface area contributed by atoms with Crippen molar-refractivity contribution in [2.45, 2.75) is 12.5 Å². The molecule has 1 atom stereocenters. The average molecular weight is 227 g/mol. The van der Waals surface area contributed by atoms with Gasteiger partial charge in [0.25, 0.3) is 0 Å². The first-order valence-corrected chi connectivity index (χ1v) is 4.75. The second kappa shape index (κ2) is 5.46. The fourth-order valence-electron chi connectivity index (χ4n) is 1.42. The third kappa shape index (κ3) is 2.70. The van der Waals surface area contributed by atoms with E-state index in [1.54, 1.807) is 6.07 Å². The Morgan fingerprint density at radius 3 is 2.75 bits per heavy atom. The molecule has 0 aliphatic heterocycles. The Morgan fingerprint density at radius 1 is 1.50 bits per heavy atom. The topological polar surface area (TPSA) is 61.5 Å². The van der Waals surface area contributed by atoms with Crippen molar-refractivity contribution in [3.8, 4) is 5.75 Å². The fraction of sp³-hybridized carbons (Fsp3) is 0.364. The lowest BCUT2D eigenvalue weighted by atomic mass is 10.0. The average Bonchev–Trinajstić information content (AvgIpc) is 2.28. The Hall–Kier alpha value is -1.62. The van der Waals surface area contributed by atoms with Crippen molar-refractivity contribution < 1.29 is 18.7 Å². The van der Waals surface area contributed by atoms with Crippen LogP contribution in [0.1, 0.15) is 18.0 Å². The third-order valence-electron chi connectivity index (χ3n) is 2.22. The zero-order chi connectivity index (χ0) is 12.1. The van der Waals surface area contributed by atoms with Gasteiger partial charge in [0.05, 0.1) is 20.6 Å². The Bertz CT molecular complexity index is 381. The lowest BCUT2D eigenvalue weighted by Crippen LogP contribution is -2.18. The standard InChI is InChI=1S/C11H14FNO3/c1-15-9-5-3-4-7(12)11(9)8(13)6-10(14)16-2/h3-5,8H,6,13H2,1-2H3/t8-/m0/s1. The van der Waals surface area contributed by atoms with Crippen LogP contribution in [0, 0.1) is 5.82 Å². The fourth-order valence-corrected chi connectivity index (χ4v) is 1.42. The Morgan fingerprint density at radius 2 is 2.19 bits per heavy atom. The van der Waals surface area contributed by atoms with E-state index < -0.39 is 17.8 Å². The number of hydrogen-bond acceptors (Lipinski definition) is 4. The summed E-state index contributed by atoms with van der Waals surface area (Å²) in [6, 6.07) is 3.61. The van der Waals surface area contributed by atoms with Crippen LogP contribution in [-0.2, 0) is 9.53 Å². The van der Waals surface area contributed by atoms with Crippen LogP contribution < -0.4 is 10.5 Å². The third-order valence-corrected chi connectivity index (χ3v) is 2.22. The molecule has 0 fully saturated rings. The maximum atomic E-state index is 13.5. The molecule has 0 saturated heterocycles.